The largest absolute Gasteiger partial charge is 0.339 e. The molecular weight excluding hydrogens is 326 g/mol. The first-order valence-electron chi connectivity index (χ1n) is 8.87. The Hall–Kier alpha value is -2.95. The lowest BCUT2D eigenvalue weighted by Gasteiger charge is -2.30. The Balaban J connectivity index is 1.49. The van der Waals surface area contributed by atoms with Crippen molar-refractivity contribution in [2.45, 2.75) is 19.8 Å². The van der Waals surface area contributed by atoms with Crippen LogP contribution in [0.2, 0.25) is 0 Å². The van der Waals surface area contributed by atoms with Gasteiger partial charge in [-0.1, -0.05) is 36.4 Å². The predicted octanol–water partition coefficient (Wildman–Crippen LogP) is 3.28. The lowest BCUT2D eigenvalue weighted by molar-refractivity contribution is -0.130. The van der Waals surface area contributed by atoms with Crippen LogP contribution in [0.3, 0.4) is 0 Å². The van der Waals surface area contributed by atoms with E-state index in [1.54, 1.807) is 23.2 Å². The summed E-state index contributed by atoms with van der Waals surface area (Å²) in [6.45, 7) is 3.15. The summed E-state index contributed by atoms with van der Waals surface area (Å²) in [7, 11) is 0. The van der Waals surface area contributed by atoms with Crippen LogP contribution in [-0.4, -0.2) is 34.8 Å². The van der Waals surface area contributed by atoms with Crippen LogP contribution in [0.5, 0.6) is 0 Å². The van der Waals surface area contributed by atoms with Crippen LogP contribution in [0.15, 0.2) is 54.7 Å². The van der Waals surface area contributed by atoms with E-state index < -0.39 is 0 Å². The average molecular weight is 349 g/mol. The molecule has 0 bridgehead atoms. The first-order chi connectivity index (χ1) is 12.6. The van der Waals surface area contributed by atoms with Gasteiger partial charge in [0.15, 0.2) is 0 Å². The second kappa shape index (κ2) is 8.43. The molecule has 5 nitrogen and oxygen atoms in total. The summed E-state index contributed by atoms with van der Waals surface area (Å²) < 4.78 is 0. The zero-order valence-electron chi connectivity index (χ0n) is 14.9. The molecule has 0 spiro atoms. The SMILES string of the molecule is Cc1ccc(NC(=O)C2CCN(C(=O)/C=C/c3ccccc3)CC2)nc1. The molecule has 5 heteroatoms. The third kappa shape index (κ3) is 4.79. The van der Waals surface area contributed by atoms with Crippen LogP contribution in [-0.2, 0) is 9.59 Å². The maximum atomic E-state index is 12.4. The number of nitrogens with one attached hydrogen (secondary N) is 1. The van der Waals surface area contributed by atoms with Crippen molar-refractivity contribution < 1.29 is 9.59 Å². The molecule has 1 aromatic carbocycles. The van der Waals surface area contributed by atoms with Crippen molar-refractivity contribution in [1.29, 1.82) is 0 Å². The fraction of sp³-hybridized carbons (Fsp3) is 0.286. The lowest BCUT2D eigenvalue weighted by Crippen LogP contribution is -2.40. The number of benzene rings is 1. The van der Waals surface area contributed by atoms with Crippen LogP contribution < -0.4 is 5.32 Å². The summed E-state index contributed by atoms with van der Waals surface area (Å²) in [5.41, 5.74) is 2.05. The molecule has 0 atom stereocenters. The third-order valence-electron chi connectivity index (χ3n) is 4.56. The van der Waals surface area contributed by atoms with Crippen molar-refractivity contribution in [3.8, 4) is 0 Å². The van der Waals surface area contributed by atoms with Crippen LogP contribution in [0.1, 0.15) is 24.0 Å². The maximum absolute atomic E-state index is 12.4. The molecule has 3 rings (SSSR count). The molecule has 2 heterocycles. The molecule has 1 aliphatic heterocycles. The van der Waals surface area contributed by atoms with E-state index in [4.69, 9.17) is 0 Å². The summed E-state index contributed by atoms with van der Waals surface area (Å²) >= 11 is 0. The quantitative estimate of drug-likeness (QED) is 0.862. The van der Waals surface area contributed by atoms with E-state index in [0.29, 0.717) is 31.7 Å². The van der Waals surface area contributed by atoms with Gasteiger partial charge < -0.3 is 10.2 Å². The van der Waals surface area contributed by atoms with Crippen LogP contribution in [0, 0.1) is 12.8 Å². The molecule has 1 saturated heterocycles. The third-order valence-corrected chi connectivity index (χ3v) is 4.56. The van der Waals surface area contributed by atoms with E-state index >= 15 is 0 Å². The van der Waals surface area contributed by atoms with E-state index in [1.165, 1.54) is 0 Å². The summed E-state index contributed by atoms with van der Waals surface area (Å²) in [6, 6.07) is 13.5. The second-order valence-corrected chi connectivity index (χ2v) is 6.55. The number of hydrogen-bond donors (Lipinski definition) is 1. The Morgan fingerprint density at radius 2 is 1.85 bits per heavy atom. The van der Waals surface area contributed by atoms with E-state index in [0.717, 1.165) is 11.1 Å². The molecule has 1 N–H and O–H groups in total. The summed E-state index contributed by atoms with van der Waals surface area (Å²) in [6.07, 6.45) is 6.50. The van der Waals surface area contributed by atoms with E-state index in [-0.39, 0.29) is 17.7 Å². The van der Waals surface area contributed by atoms with Gasteiger partial charge in [-0.2, -0.15) is 0 Å². The molecule has 1 aliphatic rings. The van der Waals surface area contributed by atoms with Crippen molar-refractivity contribution in [3.05, 3.63) is 65.9 Å². The normalized spacial score (nSPS) is 15.2. The number of aromatic nitrogens is 1. The molecular formula is C21H23N3O2. The summed E-state index contributed by atoms with van der Waals surface area (Å²) in [5, 5.41) is 2.86. The monoisotopic (exact) mass is 349 g/mol. The molecule has 1 aromatic heterocycles. The molecule has 1 fully saturated rings. The van der Waals surface area contributed by atoms with Crippen molar-refractivity contribution in [1.82, 2.24) is 9.88 Å². The van der Waals surface area contributed by atoms with Gasteiger partial charge in [-0.15, -0.1) is 0 Å². The first kappa shape index (κ1) is 17.9. The molecule has 2 aromatic rings. The van der Waals surface area contributed by atoms with Gasteiger partial charge in [-0.25, -0.2) is 4.98 Å². The number of anilines is 1. The number of hydrogen-bond acceptors (Lipinski definition) is 3. The molecule has 0 unspecified atom stereocenters. The predicted molar refractivity (Wildman–Crippen MR) is 102 cm³/mol. The molecule has 134 valence electrons. The number of piperidine rings is 1. The van der Waals surface area contributed by atoms with Gasteiger partial charge in [0.25, 0.3) is 0 Å². The molecule has 26 heavy (non-hydrogen) atoms. The number of pyridine rings is 1. The Morgan fingerprint density at radius 3 is 2.50 bits per heavy atom. The topological polar surface area (TPSA) is 62.3 Å². The fourth-order valence-corrected chi connectivity index (χ4v) is 2.97. The Labute approximate surface area is 153 Å². The van der Waals surface area contributed by atoms with Crippen molar-refractivity contribution in [3.63, 3.8) is 0 Å². The minimum Gasteiger partial charge on any atom is -0.339 e. The fourth-order valence-electron chi connectivity index (χ4n) is 2.97. The minimum atomic E-state index is -0.0831. The highest BCUT2D eigenvalue weighted by Gasteiger charge is 2.26. The highest BCUT2D eigenvalue weighted by molar-refractivity contribution is 5.93. The van der Waals surface area contributed by atoms with Crippen molar-refractivity contribution in [2.24, 2.45) is 5.92 Å². The Kier molecular flexibility index (Phi) is 5.79. The number of carbonyl (C=O) groups is 2. The highest BCUT2D eigenvalue weighted by atomic mass is 16.2. The van der Waals surface area contributed by atoms with Crippen molar-refractivity contribution in [2.75, 3.05) is 18.4 Å². The smallest absolute Gasteiger partial charge is 0.246 e. The molecule has 2 amide bonds. The highest BCUT2D eigenvalue weighted by Crippen LogP contribution is 2.19. The molecule has 0 saturated carbocycles. The maximum Gasteiger partial charge on any atom is 0.246 e. The van der Waals surface area contributed by atoms with Crippen LogP contribution in [0.4, 0.5) is 5.82 Å². The van der Waals surface area contributed by atoms with Gasteiger partial charge in [-0.05, 0) is 43.0 Å². The summed E-state index contributed by atoms with van der Waals surface area (Å²) in [4.78, 5) is 30.7. The number of likely N-dealkylation sites (tertiary alicyclic amines) is 1. The second-order valence-electron chi connectivity index (χ2n) is 6.55. The number of carbonyl (C=O) groups excluding carboxylic acids is 2. The van der Waals surface area contributed by atoms with Gasteiger partial charge in [-0.3, -0.25) is 9.59 Å². The zero-order chi connectivity index (χ0) is 18.4. The van der Waals surface area contributed by atoms with Gasteiger partial charge in [0.2, 0.25) is 11.8 Å². The van der Waals surface area contributed by atoms with E-state index in [9.17, 15) is 9.59 Å². The molecule has 0 aliphatic carbocycles. The van der Waals surface area contributed by atoms with Gasteiger partial charge in [0, 0.05) is 31.3 Å². The minimum absolute atomic E-state index is 0.00656. The van der Waals surface area contributed by atoms with E-state index in [2.05, 4.69) is 10.3 Å². The Bertz CT molecular complexity index is 777. The number of aryl methyl sites for hydroxylation is 1. The average Bonchev–Trinajstić information content (AvgIpc) is 2.69. The van der Waals surface area contributed by atoms with Crippen molar-refractivity contribution >= 4 is 23.7 Å². The van der Waals surface area contributed by atoms with Crippen LogP contribution in [0.25, 0.3) is 6.08 Å². The number of amides is 2. The van der Waals surface area contributed by atoms with Crippen LogP contribution >= 0.6 is 0 Å². The number of nitrogens with zero attached hydrogens (tertiary/aromatic N) is 2. The standard InChI is InChI=1S/C21H23N3O2/c1-16-7-9-19(22-15-16)23-21(26)18-11-13-24(14-12-18)20(25)10-8-17-5-3-2-4-6-17/h2-10,15,18H,11-14H2,1H3,(H,22,23,26)/b10-8+. The lowest BCUT2D eigenvalue weighted by atomic mass is 9.96. The van der Waals surface area contributed by atoms with Gasteiger partial charge >= 0.3 is 0 Å². The first-order valence-corrected chi connectivity index (χ1v) is 8.87. The Morgan fingerprint density at radius 1 is 1.12 bits per heavy atom. The van der Waals surface area contributed by atoms with Gasteiger partial charge in [0.05, 0.1) is 0 Å². The zero-order valence-corrected chi connectivity index (χ0v) is 14.9. The summed E-state index contributed by atoms with van der Waals surface area (Å²) in [5.74, 6) is 0.464. The number of rotatable bonds is 4. The van der Waals surface area contributed by atoms with E-state index in [1.807, 2.05) is 49.4 Å². The van der Waals surface area contributed by atoms with Gasteiger partial charge in [0.1, 0.15) is 5.82 Å². The molecule has 0 radical (unpaired) electrons.